The molecular formula is C12H23N3O2. The zero-order valence-corrected chi connectivity index (χ0v) is 10.7. The number of carbonyl (C=O) groups is 2. The summed E-state index contributed by atoms with van der Waals surface area (Å²) in [5, 5.41) is 5.52. The lowest BCUT2D eigenvalue weighted by molar-refractivity contribution is -0.124. The first-order valence-corrected chi connectivity index (χ1v) is 6.37. The van der Waals surface area contributed by atoms with Crippen molar-refractivity contribution in [1.29, 1.82) is 0 Å². The number of nitrogens with two attached hydrogens (primary N) is 1. The topological polar surface area (TPSA) is 84.2 Å². The van der Waals surface area contributed by atoms with Gasteiger partial charge in [-0.15, -0.1) is 0 Å². The Kier molecular flexibility index (Phi) is 5.41. The van der Waals surface area contributed by atoms with Gasteiger partial charge in [0.25, 0.3) is 0 Å². The molecule has 98 valence electrons. The van der Waals surface area contributed by atoms with Crippen LogP contribution in [-0.2, 0) is 9.59 Å². The second-order valence-electron chi connectivity index (χ2n) is 4.77. The van der Waals surface area contributed by atoms with E-state index >= 15 is 0 Å². The third-order valence-corrected chi connectivity index (χ3v) is 3.23. The first-order chi connectivity index (χ1) is 8.06. The van der Waals surface area contributed by atoms with E-state index in [9.17, 15) is 9.59 Å². The minimum absolute atomic E-state index is 0.102. The van der Waals surface area contributed by atoms with Crippen LogP contribution >= 0.6 is 0 Å². The fourth-order valence-electron chi connectivity index (χ4n) is 1.49. The Balaban J connectivity index is 2.08. The van der Waals surface area contributed by atoms with Gasteiger partial charge in [-0.05, 0) is 18.8 Å². The Morgan fingerprint density at radius 1 is 1.29 bits per heavy atom. The lowest BCUT2D eigenvalue weighted by Crippen LogP contribution is -2.46. The summed E-state index contributed by atoms with van der Waals surface area (Å²) >= 11 is 0. The lowest BCUT2D eigenvalue weighted by Gasteiger charge is -2.17. The number of hydrogen-bond donors (Lipinski definition) is 3. The molecule has 2 amide bonds. The Morgan fingerprint density at radius 2 is 1.88 bits per heavy atom. The molecule has 1 fully saturated rings. The first-order valence-electron chi connectivity index (χ1n) is 6.37. The van der Waals surface area contributed by atoms with E-state index in [1.807, 2.05) is 13.8 Å². The average molecular weight is 241 g/mol. The van der Waals surface area contributed by atoms with E-state index in [0.717, 1.165) is 19.3 Å². The summed E-state index contributed by atoms with van der Waals surface area (Å²) in [4.78, 5) is 22.9. The van der Waals surface area contributed by atoms with E-state index in [1.165, 1.54) is 0 Å². The first kappa shape index (κ1) is 14.0. The van der Waals surface area contributed by atoms with Gasteiger partial charge in [0.15, 0.2) is 0 Å². The average Bonchev–Trinajstić information content (AvgIpc) is 3.16. The lowest BCUT2D eigenvalue weighted by atomic mass is 9.99. The maximum absolute atomic E-state index is 11.6. The summed E-state index contributed by atoms with van der Waals surface area (Å²) in [5.74, 6) is 0.356. The predicted octanol–water partition coefficient (Wildman–Crippen LogP) is 0.00220. The predicted molar refractivity (Wildman–Crippen MR) is 66.2 cm³/mol. The van der Waals surface area contributed by atoms with Crippen molar-refractivity contribution < 1.29 is 9.59 Å². The molecular weight excluding hydrogens is 218 g/mol. The largest absolute Gasteiger partial charge is 0.354 e. The third kappa shape index (κ3) is 4.73. The molecule has 0 heterocycles. The molecule has 5 nitrogen and oxygen atoms in total. The van der Waals surface area contributed by atoms with E-state index in [0.29, 0.717) is 13.1 Å². The standard InChI is InChI=1S/C12H23N3O2/c1-3-8(2)10(13)12(17)15-7-6-14-11(16)9-4-5-9/h8-10H,3-7,13H2,1-2H3,(H,14,16)(H,15,17)/t8-,10-/m0/s1. The van der Waals surface area contributed by atoms with Crippen molar-refractivity contribution in [3.05, 3.63) is 0 Å². The van der Waals surface area contributed by atoms with Gasteiger partial charge in [0.2, 0.25) is 11.8 Å². The van der Waals surface area contributed by atoms with E-state index < -0.39 is 6.04 Å². The van der Waals surface area contributed by atoms with Crippen molar-refractivity contribution in [3.8, 4) is 0 Å². The van der Waals surface area contributed by atoms with Crippen molar-refractivity contribution in [2.24, 2.45) is 17.6 Å². The third-order valence-electron chi connectivity index (χ3n) is 3.23. The van der Waals surface area contributed by atoms with Gasteiger partial charge >= 0.3 is 0 Å². The monoisotopic (exact) mass is 241 g/mol. The van der Waals surface area contributed by atoms with Gasteiger partial charge in [-0.25, -0.2) is 0 Å². The maximum Gasteiger partial charge on any atom is 0.237 e. The molecule has 17 heavy (non-hydrogen) atoms. The van der Waals surface area contributed by atoms with Crippen LogP contribution in [0.15, 0.2) is 0 Å². The summed E-state index contributed by atoms with van der Waals surface area (Å²) in [5.41, 5.74) is 5.77. The van der Waals surface area contributed by atoms with E-state index in [1.54, 1.807) is 0 Å². The number of nitrogens with one attached hydrogen (secondary N) is 2. The number of carbonyl (C=O) groups excluding carboxylic acids is 2. The fraction of sp³-hybridized carbons (Fsp3) is 0.833. The van der Waals surface area contributed by atoms with Gasteiger partial charge < -0.3 is 16.4 Å². The van der Waals surface area contributed by atoms with Crippen molar-refractivity contribution in [3.63, 3.8) is 0 Å². The van der Waals surface area contributed by atoms with Crippen LogP contribution in [0.1, 0.15) is 33.1 Å². The summed E-state index contributed by atoms with van der Waals surface area (Å²) < 4.78 is 0. The van der Waals surface area contributed by atoms with Gasteiger partial charge in [0.1, 0.15) is 0 Å². The molecule has 1 aliphatic rings. The van der Waals surface area contributed by atoms with Gasteiger partial charge in [0.05, 0.1) is 6.04 Å². The molecule has 0 aromatic carbocycles. The molecule has 1 saturated carbocycles. The van der Waals surface area contributed by atoms with Gasteiger partial charge in [-0.1, -0.05) is 20.3 Å². The minimum atomic E-state index is -0.459. The van der Waals surface area contributed by atoms with E-state index in [-0.39, 0.29) is 23.7 Å². The van der Waals surface area contributed by atoms with Crippen LogP contribution in [0.3, 0.4) is 0 Å². The highest BCUT2D eigenvalue weighted by Gasteiger charge is 2.29. The highest BCUT2D eigenvalue weighted by molar-refractivity contribution is 5.82. The fourth-order valence-corrected chi connectivity index (χ4v) is 1.49. The molecule has 0 spiro atoms. The number of hydrogen-bond acceptors (Lipinski definition) is 3. The molecule has 0 saturated heterocycles. The Morgan fingerprint density at radius 3 is 2.41 bits per heavy atom. The van der Waals surface area contributed by atoms with Gasteiger partial charge in [-0.3, -0.25) is 9.59 Å². The van der Waals surface area contributed by atoms with Crippen LogP contribution in [0.25, 0.3) is 0 Å². The summed E-state index contributed by atoms with van der Waals surface area (Å²) in [6.07, 6.45) is 2.88. The smallest absolute Gasteiger partial charge is 0.237 e. The minimum Gasteiger partial charge on any atom is -0.354 e. The molecule has 5 heteroatoms. The van der Waals surface area contributed by atoms with Crippen LogP contribution in [0, 0.1) is 11.8 Å². The number of amides is 2. The zero-order valence-electron chi connectivity index (χ0n) is 10.7. The van der Waals surface area contributed by atoms with Crippen molar-refractivity contribution in [1.82, 2.24) is 10.6 Å². The van der Waals surface area contributed by atoms with Crippen LogP contribution in [0.5, 0.6) is 0 Å². The molecule has 0 radical (unpaired) electrons. The van der Waals surface area contributed by atoms with Crippen molar-refractivity contribution in [2.75, 3.05) is 13.1 Å². The van der Waals surface area contributed by atoms with E-state index in [4.69, 9.17) is 5.73 Å². The summed E-state index contributed by atoms with van der Waals surface area (Å²) in [6.45, 7) is 4.89. The van der Waals surface area contributed by atoms with Crippen LogP contribution in [-0.4, -0.2) is 30.9 Å². The van der Waals surface area contributed by atoms with Crippen molar-refractivity contribution in [2.45, 2.75) is 39.2 Å². The molecule has 0 aliphatic heterocycles. The molecule has 0 bridgehead atoms. The van der Waals surface area contributed by atoms with Crippen LogP contribution in [0.2, 0.25) is 0 Å². The summed E-state index contributed by atoms with van der Waals surface area (Å²) in [6, 6.07) is -0.459. The highest BCUT2D eigenvalue weighted by atomic mass is 16.2. The Labute approximate surface area is 103 Å². The Hall–Kier alpha value is -1.10. The van der Waals surface area contributed by atoms with Gasteiger partial charge in [0, 0.05) is 19.0 Å². The quantitative estimate of drug-likeness (QED) is 0.549. The second-order valence-corrected chi connectivity index (χ2v) is 4.77. The number of rotatable bonds is 7. The molecule has 0 aromatic heterocycles. The van der Waals surface area contributed by atoms with Gasteiger partial charge in [-0.2, -0.15) is 0 Å². The normalized spacial score (nSPS) is 18.3. The Bertz CT molecular complexity index is 277. The van der Waals surface area contributed by atoms with Crippen molar-refractivity contribution >= 4 is 11.8 Å². The molecule has 1 aliphatic carbocycles. The molecule has 0 unspecified atom stereocenters. The summed E-state index contributed by atoms with van der Waals surface area (Å²) in [7, 11) is 0. The maximum atomic E-state index is 11.6. The molecule has 2 atom stereocenters. The van der Waals surface area contributed by atoms with E-state index in [2.05, 4.69) is 10.6 Å². The molecule has 1 rings (SSSR count). The SMILES string of the molecule is CC[C@H](C)[C@H](N)C(=O)NCCNC(=O)C1CC1. The molecule has 4 N–H and O–H groups in total. The highest BCUT2D eigenvalue weighted by Crippen LogP contribution is 2.28. The second kappa shape index (κ2) is 6.59. The van der Waals surface area contributed by atoms with Crippen LogP contribution in [0.4, 0.5) is 0 Å². The molecule has 0 aromatic rings. The van der Waals surface area contributed by atoms with Crippen LogP contribution < -0.4 is 16.4 Å². The zero-order chi connectivity index (χ0) is 12.8.